The Morgan fingerprint density at radius 3 is 2.50 bits per heavy atom. The van der Waals surface area contributed by atoms with Crippen LogP contribution in [-0.4, -0.2) is 39.2 Å². The molecule has 0 unspecified atom stereocenters. The monoisotopic (exact) mass is 374 g/mol. The van der Waals surface area contributed by atoms with Crippen LogP contribution in [-0.2, 0) is 4.79 Å². The summed E-state index contributed by atoms with van der Waals surface area (Å²) in [7, 11) is 0. The SMILES string of the molecule is CSc1cnn(-c2ccccc2)c1NC(=O)NC1CCC(C(=O)O)CC1. The molecule has 1 saturated carbocycles. The summed E-state index contributed by atoms with van der Waals surface area (Å²) in [6.45, 7) is 0. The van der Waals surface area contributed by atoms with Crippen LogP contribution >= 0.6 is 11.8 Å². The summed E-state index contributed by atoms with van der Waals surface area (Å²) in [6.07, 6.45) is 6.21. The van der Waals surface area contributed by atoms with Crippen molar-refractivity contribution in [3.63, 3.8) is 0 Å². The van der Waals surface area contributed by atoms with Gasteiger partial charge in [0, 0.05) is 6.04 Å². The van der Waals surface area contributed by atoms with Gasteiger partial charge in [-0.15, -0.1) is 11.8 Å². The molecule has 7 nitrogen and oxygen atoms in total. The number of hydrogen-bond acceptors (Lipinski definition) is 4. The van der Waals surface area contributed by atoms with Crippen LogP contribution in [0.1, 0.15) is 25.7 Å². The summed E-state index contributed by atoms with van der Waals surface area (Å²) in [6, 6.07) is 9.31. The summed E-state index contributed by atoms with van der Waals surface area (Å²) >= 11 is 1.51. The van der Waals surface area contributed by atoms with Crippen LogP contribution in [0.4, 0.5) is 10.6 Å². The van der Waals surface area contributed by atoms with Crippen LogP contribution in [0.5, 0.6) is 0 Å². The number of hydrogen-bond donors (Lipinski definition) is 3. The Kier molecular flexibility index (Phi) is 5.82. The number of carbonyl (C=O) groups excluding carboxylic acids is 1. The normalized spacial score (nSPS) is 19.7. The van der Waals surface area contributed by atoms with Crippen molar-refractivity contribution in [1.29, 1.82) is 0 Å². The summed E-state index contributed by atoms with van der Waals surface area (Å²) in [5.41, 5.74) is 0.866. The highest BCUT2D eigenvalue weighted by atomic mass is 32.2. The maximum Gasteiger partial charge on any atom is 0.320 e. The highest BCUT2D eigenvalue weighted by Gasteiger charge is 2.27. The number of para-hydroxylation sites is 1. The third kappa shape index (κ3) is 4.19. The first-order valence-electron chi connectivity index (χ1n) is 8.56. The van der Waals surface area contributed by atoms with E-state index >= 15 is 0 Å². The molecular formula is C18H22N4O3S. The van der Waals surface area contributed by atoms with Gasteiger partial charge in [-0.05, 0) is 44.1 Å². The van der Waals surface area contributed by atoms with Gasteiger partial charge in [-0.25, -0.2) is 9.48 Å². The Hall–Kier alpha value is -2.48. The highest BCUT2D eigenvalue weighted by molar-refractivity contribution is 7.98. The van der Waals surface area contributed by atoms with Gasteiger partial charge in [-0.1, -0.05) is 18.2 Å². The molecule has 1 fully saturated rings. The van der Waals surface area contributed by atoms with E-state index in [0.717, 1.165) is 10.6 Å². The summed E-state index contributed by atoms with van der Waals surface area (Å²) in [5, 5.41) is 19.3. The number of benzene rings is 1. The molecule has 1 aliphatic carbocycles. The number of carboxylic acids is 1. The number of urea groups is 1. The van der Waals surface area contributed by atoms with Crippen molar-refractivity contribution < 1.29 is 14.7 Å². The van der Waals surface area contributed by atoms with E-state index in [1.54, 1.807) is 10.9 Å². The number of nitrogens with one attached hydrogen (secondary N) is 2. The molecule has 0 bridgehead atoms. The second-order valence-corrected chi connectivity index (χ2v) is 7.14. The van der Waals surface area contributed by atoms with Crippen LogP contribution in [0.25, 0.3) is 5.69 Å². The minimum atomic E-state index is -0.746. The molecule has 1 heterocycles. The Bertz CT molecular complexity index is 770. The number of amides is 2. The average Bonchev–Trinajstić information content (AvgIpc) is 3.05. The van der Waals surface area contributed by atoms with Crippen LogP contribution in [0.15, 0.2) is 41.4 Å². The number of nitrogens with zero attached hydrogens (tertiary/aromatic N) is 2. The number of carbonyl (C=O) groups is 2. The van der Waals surface area contributed by atoms with Crippen LogP contribution < -0.4 is 10.6 Å². The lowest BCUT2D eigenvalue weighted by Crippen LogP contribution is -2.41. The van der Waals surface area contributed by atoms with Gasteiger partial charge in [0.15, 0.2) is 5.82 Å². The lowest BCUT2D eigenvalue weighted by atomic mass is 9.86. The number of aromatic nitrogens is 2. The van der Waals surface area contributed by atoms with Crippen LogP contribution in [0, 0.1) is 5.92 Å². The molecule has 2 aromatic rings. The van der Waals surface area contributed by atoms with E-state index in [0.29, 0.717) is 31.5 Å². The Morgan fingerprint density at radius 1 is 1.19 bits per heavy atom. The fraction of sp³-hybridized carbons (Fsp3) is 0.389. The molecule has 26 heavy (non-hydrogen) atoms. The third-order valence-electron chi connectivity index (χ3n) is 4.60. The molecule has 1 aromatic heterocycles. The minimum absolute atomic E-state index is 0.00331. The largest absolute Gasteiger partial charge is 0.481 e. The third-order valence-corrected chi connectivity index (χ3v) is 5.34. The fourth-order valence-corrected chi connectivity index (χ4v) is 3.66. The molecule has 2 amide bonds. The van der Waals surface area contributed by atoms with Gasteiger partial charge in [0.2, 0.25) is 0 Å². The second kappa shape index (κ2) is 8.27. The van der Waals surface area contributed by atoms with Gasteiger partial charge in [0.05, 0.1) is 22.7 Å². The Labute approximate surface area is 156 Å². The zero-order valence-corrected chi connectivity index (χ0v) is 15.3. The smallest absolute Gasteiger partial charge is 0.320 e. The van der Waals surface area contributed by atoms with Crippen molar-refractivity contribution in [2.45, 2.75) is 36.6 Å². The fourth-order valence-electron chi connectivity index (χ4n) is 3.18. The first-order chi connectivity index (χ1) is 12.6. The highest BCUT2D eigenvalue weighted by Crippen LogP contribution is 2.28. The zero-order chi connectivity index (χ0) is 18.5. The van der Waals surface area contributed by atoms with Gasteiger partial charge < -0.3 is 10.4 Å². The average molecular weight is 374 g/mol. The van der Waals surface area contributed by atoms with Crippen molar-refractivity contribution in [3.8, 4) is 5.69 Å². The first kappa shape index (κ1) is 18.3. The number of anilines is 1. The minimum Gasteiger partial charge on any atom is -0.481 e. The van der Waals surface area contributed by atoms with Gasteiger partial charge in [0.1, 0.15) is 0 Å². The Morgan fingerprint density at radius 2 is 1.88 bits per heavy atom. The number of rotatable bonds is 5. The van der Waals surface area contributed by atoms with Gasteiger partial charge in [-0.3, -0.25) is 10.1 Å². The van der Waals surface area contributed by atoms with Crippen LogP contribution in [0.2, 0.25) is 0 Å². The van der Waals surface area contributed by atoms with Crippen molar-refractivity contribution in [3.05, 3.63) is 36.5 Å². The van der Waals surface area contributed by atoms with Gasteiger partial charge in [-0.2, -0.15) is 5.10 Å². The van der Waals surface area contributed by atoms with Crippen molar-refractivity contribution >= 4 is 29.6 Å². The predicted molar refractivity (Wildman–Crippen MR) is 101 cm³/mol. The van der Waals surface area contributed by atoms with Crippen molar-refractivity contribution in [1.82, 2.24) is 15.1 Å². The first-order valence-corrected chi connectivity index (χ1v) is 9.78. The second-order valence-electron chi connectivity index (χ2n) is 6.29. The molecule has 1 aromatic carbocycles. The van der Waals surface area contributed by atoms with Crippen molar-refractivity contribution in [2.24, 2.45) is 5.92 Å². The summed E-state index contributed by atoms with van der Waals surface area (Å²) in [4.78, 5) is 24.4. The zero-order valence-electron chi connectivity index (χ0n) is 14.5. The van der Waals surface area contributed by atoms with E-state index in [-0.39, 0.29) is 18.0 Å². The van der Waals surface area contributed by atoms with E-state index in [4.69, 9.17) is 5.11 Å². The van der Waals surface area contributed by atoms with Crippen LogP contribution in [0.3, 0.4) is 0 Å². The van der Waals surface area contributed by atoms with Gasteiger partial charge >= 0.3 is 12.0 Å². The number of aliphatic carboxylic acids is 1. The molecule has 0 spiro atoms. The standard InChI is InChI=1S/C18H22N4O3S/c1-26-15-11-19-22(14-5-3-2-4-6-14)16(15)21-18(25)20-13-9-7-12(8-10-13)17(23)24/h2-6,11-13H,7-10H2,1H3,(H,23,24)(H2,20,21,25). The topological polar surface area (TPSA) is 96.3 Å². The maximum atomic E-state index is 12.5. The summed E-state index contributed by atoms with van der Waals surface area (Å²) < 4.78 is 1.70. The van der Waals surface area contributed by atoms with E-state index in [1.165, 1.54) is 11.8 Å². The van der Waals surface area contributed by atoms with E-state index in [2.05, 4.69) is 15.7 Å². The lowest BCUT2D eigenvalue weighted by Gasteiger charge is -2.26. The molecule has 0 saturated heterocycles. The van der Waals surface area contributed by atoms with Gasteiger partial charge in [0.25, 0.3) is 0 Å². The van der Waals surface area contributed by atoms with E-state index < -0.39 is 5.97 Å². The number of thioether (sulfide) groups is 1. The van der Waals surface area contributed by atoms with E-state index in [1.807, 2.05) is 36.6 Å². The van der Waals surface area contributed by atoms with E-state index in [9.17, 15) is 9.59 Å². The molecular weight excluding hydrogens is 352 g/mol. The Balaban J connectivity index is 1.66. The summed E-state index contributed by atoms with van der Waals surface area (Å²) in [5.74, 6) is -0.414. The molecule has 3 N–H and O–H groups in total. The molecule has 138 valence electrons. The molecule has 8 heteroatoms. The van der Waals surface area contributed by atoms with Crippen molar-refractivity contribution in [2.75, 3.05) is 11.6 Å². The molecule has 0 atom stereocenters. The maximum absolute atomic E-state index is 12.5. The predicted octanol–water partition coefficient (Wildman–Crippen LogP) is 3.36. The lowest BCUT2D eigenvalue weighted by molar-refractivity contribution is -0.142. The number of carboxylic acid groups (broad SMARTS) is 1. The molecule has 0 radical (unpaired) electrons. The molecule has 1 aliphatic rings. The quantitative estimate of drug-likeness (QED) is 0.698. The molecule has 3 rings (SSSR count). The molecule has 0 aliphatic heterocycles.